The van der Waals surface area contributed by atoms with Crippen LogP contribution in [0.25, 0.3) is 0 Å². The second-order valence-electron chi connectivity index (χ2n) is 4.21. The maximum absolute atomic E-state index is 11.7. The molecule has 1 aromatic rings. The van der Waals surface area contributed by atoms with Crippen molar-refractivity contribution in [3.8, 4) is 5.75 Å². The van der Waals surface area contributed by atoms with Crippen LogP contribution in [0, 0.1) is 0 Å². The summed E-state index contributed by atoms with van der Waals surface area (Å²) in [6.45, 7) is 2.15. The van der Waals surface area contributed by atoms with Gasteiger partial charge in [-0.3, -0.25) is 0 Å². The smallest absolute Gasteiger partial charge is 0.215 e. The zero-order valence-electron chi connectivity index (χ0n) is 11.1. The molecule has 0 amide bonds. The summed E-state index contributed by atoms with van der Waals surface area (Å²) in [4.78, 5) is 0. The minimum Gasteiger partial charge on any atom is -0.492 e. The van der Waals surface area contributed by atoms with E-state index in [2.05, 4.69) is 4.72 Å². The van der Waals surface area contributed by atoms with Crippen molar-refractivity contribution in [3.63, 3.8) is 0 Å². The summed E-state index contributed by atoms with van der Waals surface area (Å²) in [5.41, 5.74) is 6.17. The average molecular weight is 288 g/mol. The van der Waals surface area contributed by atoms with Gasteiger partial charge in [0.2, 0.25) is 10.0 Å². The summed E-state index contributed by atoms with van der Waals surface area (Å²) in [7, 11) is -1.84. The third kappa shape index (κ3) is 6.42. The van der Waals surface area contributed by atoms with E-state index in [9.17, 15) is 8.42 Å². The van der Waals surface area contributed by atoms with Gasteiger partial charge in [-0.1, -0.05) is 0 Å². The number of hydrogen-bond acceptors (Lipinski definition) is 5. The number of nitrogens with two attached hydrogens (primary N) is 1. The normalized spacial score (nSPS) is 13.2. The van der Waals surface area contributed by atoms with Crippen LogP contribution in [0.2, 0.25) is 0 Å². The van der Waals surface area contributed by atoms with Gasteiger partial charge in [-0.2, -0.15) is 0 Å². The average Bonchev–Trinajstić information content (AvgIpc) is 2.31. The molecule has 3 N–H and O–H groups in total. The van der Waals surface area contributed by atoms with Crippen LogP contribution in [0.15, 0.2) is 24.3 Å². The first-order chi connectivity index (χ1) is 8.93. The molecule has 19 heavy (non-hydrogen) atoms. The fourth-order valence-corrected chi connectivity index (χ4v) is 2.58. The summed E-state index contributed by atoms with van der Waals surface area (Å²) < 4.78 is 36.1. The number of benzene rings is 1. The molecule has 0 radical (unpaired) electrons. The number of anilines is 1. The summed E-state index contributed by atoms with van der Waals surface area (Å²) >= 11 is 0. The molecule has 1 rings (SSSR count). The van der Waals surface area contributed by atoms with Crippen LogP contribution in [0.4, 0.5) is 5.69 Å². The van der Waals surface area contributed by atoms with Gasteiger partial charge in [-0.05, 0) is 31.2 Å². The highest BCUT2D eigenvalue weighted by Crippen LogP contribution is 2.12. The van der Waals surface area contributed by atoms with Crippen molar-refractivity contribution in [2.24, 2.45) is 0 Å². The standard InChI is InChI=1S/C12H20N2O4S/c1-10(9-17-2)14-19(15,16)8-7-18-12-5-3-11(13)4-6-12/h3-6,10,14H,7-9,13H2,1-2H3. The van der Waals surface area contributed by atoms with E-state index in [-0.39, 0.29) is 18.4 Å². The van der Waals surface area contributed by atoms with Crippen LogP contribution in [-0.2, 0) is 14.8 Å². The largest absolute Gasteiger partial charge is 0.492 e. The van der Waals surface area contributed by atoms with Crippen molar-refractivity contribution < 1.29 is 17.9 Å². The summed E-state index contributed by atoms with van der Waals surface area (Å²) in [5, 5.41) is 0. The van der Waals surface area contributed by atoms with Crippen LogP contribution in [0.3, 0.4) is 0 Å². The summed E-state index contributed by atoms with van der Waals surface area (Å²) in [6, 6.07) is 6.53. The Balaban J connectivity index is 2.37. The topological polar surface area (TPSA) is 90.6 Å². The van der Waals surface area contributed by atoms with E-state index in [1.165, 1.54) is 7.11 Å². The van der Waals surface area contributed by atoms with E-state index in [1.54, 1.807) is 31.2 Å². The minimum absolute atomic E-state index is 0.0823. The molecule has 1 aromatic carbocycles. The predicted octanol–water partition coefficient (Wildman–Crippen LogP) is 0.602. The Labute approximate surface area is 113 Å². The molecule has 7 heteroatoms. The maximum atomic E-state index is 11.7. The van der Waals surface area contributed by atoms with Gasteiger partial charge in [0.25, 0.3) is 0 Å². The molecule has 1 unspecified atom stereocenters. The molecular formula is C12H20N2O4S. The van der Waals surface area contributed by atoms with Gasteiger partial charge in [0.05, 0.1) is 12.4 Å². The molecule has 0 spiro atoms. The molecule has 1 atom stereocenters. The van der Waals surface area contributed by atoms with Gasteiger partial charge < -0.3 is 15.2 Å². The Hall–Kier alpha value is -1.31. The van der Waals surface area contributed by atoms with E-state index in [4.69, 9.17) is 15.2 Å². The van der Waals surface area contributed by atoms with Crippen LogP contribution in [0.5, 0.6) is 5.75 Å². The molecule has 0 aliphatic rings. The monoisotopic (exact) mass is 288 g/mol. The van der Waals surface area contributed by atoms with E-state index in [0.29, 0.717) is 18.0 Å². The van der Waals surface area contributed by atoms with Gasteiger partial charge in [-0.25, -0.2) is 13.1 Å². The zero-order chi connectivity index (χ0) is 14.3. The lowest BCUT2D eigenvalue weighted by Crippen LogP contribution is -2.38. The molecule has 0 aromatic heterocycles. The first-order valence-corrected chi connectivity index (χ1v) is 7.55. The van der Waals surface area contributed by atoms with E-state index >= 15 is 0 Å². The van der Waals surface area contributed by atoms with Gasteiger partial charge in [0.15, 0.2) is 0 Å². The second kappa shape index (κ2) is 7.32. The fraction of sp³-hybridized carbons (Fsp3) is 0.500. The van der Waals surface area contributed by atoms with Gasteiger partial charge >= 0.3 is 0 Å². The van der Waals surface area contributed by atoms with Crippen molar-refractivity contribution in [2.45, 2.75) is 13.0 Å². The highest BCUT2D eigenvalue weighted by molar-refractivity contribution is 7.89. The summed E-state index contributed by atoms with van der Waals surface area (Å²) in [6.07, 6.45) is 0. The van der Waals surface area contributed by atoms with Crippen molar-refractivity contribution in [1.82, 2.24) is 4.72 Å². The number of nitrogen functional groups attached to an aromatic ring is 1. The third-order valence-corrected chi connectivity index (χ3v) is 3.76. The molecule has 0 aliphatic carbocycles. The Morgan fingerprint density at radius 2 is 1.95 bits per heavy atom. The van der Waals surface area contributed by atoms with Crippen LogP contribution >= 0.6 is 0 Å². The van der Waals surface area contributed by atoms with Crippen molar-refractivity contribution in [1.29, 1.82) is 0 Å². The molecule has 0 heterocycles. The van der Waals surface area contributed by atoms with Gasteiger partial charge in [0.1, 0.15) is 12.4 Å². The SMILES string of the molecule is COCC(C)NS(=O)(=O)CCOc1ccc(N)cc1. The van der Waals surface area contributed by atoms with Crippen LogP contribution in [0.1, 0.15) is 6.92 Å². The number of nitrogens with one attached hydrogen (secondary N) is 1. The lowest BCUT2D eigenvalue weighted by Gasteiger charge is -2.13. The number of ether oxygens (including phenoxy) is 2. The molecule has 108 valence electrons. The molecule has 0 bridgehead atoms. The predicted molar refractivity (Wildman–Crippen MR) is 74.6 cm³/mol. The lowest BCUT2D eigenvalue weighted by atomic mass is 10.3. The third-order valence-electron chi connectivity index (χ3n) is 2.30. The van der Waals surface area contributed by atoms with Gasteiger partial charge in [0, 0.05) is 18.8 Å². The quantitative estimate of drug-likeness (QED) is 0.684. The second-order valence-corrected chi connectivity index (χ2v) is 6.08. The Kier molecular flexibility index (Phi) is 6.07. The Morgan fingerprint density at radius 1 is 1.32 bits per heavy atom. The highest BCUT2D eigenvalue weighted by Gasteiger charge is 2.14. The van der Waals surface area contributed by atoms with E-state index in [1.807, 2.05) is 0 Å². The first-order valence-electron chi connectivity index (χ1n) is 5.90. The minimum atomic E-state index is -3.36. The van der Waals surface area contributed by atoms with E-state index in [0.717, 1.165) is 0 Å². The Bertz CT molecular complexity index is 473. The van der Waals surface area contributed by atoms with Crippen molar-refractivity contribution in [2.75, 3.05) is 31.8 Å². The summed E-state index contributed by atoms with van der Waals surface area (Å²) in [5.74, 6) is 0.486. The highest BCUT2D eigenvalue weighted by atomic mass is 32.2. The number of hydrogen-bond donors (Lipinski definition) is 2. The number of methoxy groups -OCH3 is 1. The molecule has 6 nitrogen and oxygen atoms in total. The van der Waals surface area contributed by atoms with Crippen LogP contribution < -0.4 is 15.2 Å². The van der Waals surface area contributed by atoms with Gasteiger partial charge in [-0.15, -0.1) is 0 Å². The van der Waals surface area contributed by atoms with Crippen molar-refractivity contribution in [3.05, 3.63) is 24.3 Å². The first kappa shape index (κ1) is 15.7. The molecule has 0 saturated heterocycles. The lowest BCUT2D eigenvalue weighted by molar-refractivity contribution is 0.180. The molecular weight excluding hydrogens is 268 g/mol. The molecule has 0 aliphatic heterocycles. The fourth-order valence-electron chi connectivity index (χ4n) is 1.48. The Morgan fingerprint density at radius 3 is 2.53 bits per heavy atom. The maximum Gasteiger partial charge on any atom is 0.215 e. The molecule has 0 saturated carbocycles. The van der Waals surface area contributed by atoms with Crippen molar-refractivity contribution >= 4 is 15.7 Å². The zero-order valence-corrected chi connectivity index (χ0v) is 11.9. The van der Waals surface area contributed by atoms with Crippen LogP contribution in [-0.4, -0.2) is 40.5 Å². The number of sulfonamides is 1. The number of rotatable bonds is 8. The molecule has 0 fully saturated rings. The van der Waals surface area contributed by atoms with E-state index < -0.39 is 10.0 Å².